The van der Waals surface area contributed by atoms with Gasteiger partial charge in [-0.3, -0.25) is 9.36 Å². The first-order valence-corrected chi connectivity index (χ1v) is 9.45. The molecule has 154 valence electrons. The van der Waals surface area contributed by atoms with Crippen LogP contribution in [0, 0.1) is 11.6 Å². The number of aromatic nitrogens is 5. The van der Waals surface area contributed by atoms with Crippen LogP contribution in [0.2, 0.25) is 0 Å². The third-order valence-electron chi connectivity index (χ3n) is 5.44. The molecule has 0 unspecified atom stereocenters. The zero-order valence-corrected chi connectivity index (χ0v) is 16.6. The van der Waals surface area contributed by atoms with Gasteiger partial charge in [0, 0.05) is 25.2 Å². The first-order chi connectivity index (χ1) is 14.4. The van der Waals surface area contributed by atoms with Gasteiger partial charge in [-0.2, -0.15) is 10.2 Å². The lowest BCUT2D eigenvalue weighted by Crippen LogP contribution is -2.34. The smallest absolute Gasteiger partial charge is 0.137 e. The first kappa shape index (κ1) is 19.9. The van der Waals surface area contributed by atoms with E-state index >= 15 is 0 Å². The van der Waals surface area contributed by atoms with E-state index in [1.807, 2.05) is 25.2 Å². The molecule has 2 aromatic carbocycles. The molecule has 30 heavy (non-hydrogen) atoms. The average molecular weight is 409 g/mol. The third kappa shape index (κ3) is 3.73. The number of hydrogen-bond donors (Lipinski definition) is 1. The summed E-state index contributed by atoms with van der Waals surface area (Å²) < 4.78 is 31.4. The molecule has 0 saturated carbocycles. The van der Waals surface area contributed by atoms with Gasteiger partial charge in [0.05, 0.1) is 17.8 Å². The van der Waals surface area contributed by atoms with E-state index in [1.165, 1.54) is 29.5 Å². The SMILES string of the molecule is Cn1nccc1-c1ccc([C@@](C)(O)[C@@H](Cn2cncn2)c2ccc(F)cc2F)cc1. The Morgan fingerprint density at radius 1 is 1.07 bits per heavy atom. The quantitative estimate of drug-likeness (QED) is 0.528. The highest BCUT2D eigenvalue weighted by Gasteiger charge is 2.37. The largest absolute Gasteiger partial charge is 0.385 e. The van der Waals surface area contributed by atoms with E-state index < -0.39 is 23.2 Å². The summed E-state index contributed by atoms with van der Waals surface area (Å²) >= 11 is 0. The fraction of sp³-hybridized carbons (Fsp3) is 0.227. The van der Waals surface area contributed by atoms with Gasteiger partial charge in [-0.1, -0.05) is 30.3 Å². The Morgan fingerprint density at radius 2 is 1.83 bits per heavy atom. The van der Waals surface area contributed by atoms with Gasteiger partial charge in [0.2, 0.25) is 0 Å². The second-order valence-corrected chi connectivity index (χ2v) is 7.40. The standard InChI is InChI=1S/C22H21F2N5O/c1-22(30,16-5-3-15(4-6-16)21-9-10-26-28(21)2)19(12-29-14-25-13-27-29)18-8-7-17(23)11-20(18)24/h3-11,13-14,19,30H,12H2,1-2H3/t19-,22+/m0/s1. The molecule has 2 aromatic heterocycles. The fourth-order valence-corrected chi connectivity index (χ4v) is 3.71. The van der Waals surface area contributed by atoms with E-state index in [0.717, 1.165) is 17.3 Å². The number of rotatable bonds is 6. The van der Waals surface area contributed by atoms with Crippen molar-refractivity contribution in [1.29, 1.82) is 0 Å². The zero-order valence-electron chi connectivity index (χ0n) is 16.6. The van der Waals surface area contributed by atoms with Crippen LogP contribution >= 0.6 is 0 Å². The molecule has 8 heteroatoms. The second kappa shape index (κ2) is 7.79. The number of aryl methyl sites for hydroxylation is 1. The van der Waals surface area contributed by atoms with Crippen molar-refractivity contribution in [2.45, 2.75) is 25.0 Å². The molecule has 0 amide bonds. The third-order valence-corrected chi connectivity index (χ3v) is 5.44. The molecule has 0 fully saturated rings. The van der Waals surface area contributed by atoms with Gasteiger partial charge in [0.1, 0.15) is 24.3 Å². The molecule has 4 rings (SSSR count). The molecule has 0 bridgehead atoms. The Balaban J connectivity index is 1.73. The Morgan fingerprint density at radius 3 is 2.43 bits per heavy atom. The molecular formula is C22H21F2N5O. The zero-order chi connectivity index (χ0) is 21.3. The van der Waals surface area contributed by atoms with E-state index in [-0.39, 0.29) is 12.1 Å². The summed E-state index contributed by atoms with van der Waals surface area (Å²) in [6, 6.07) is 12.7. The first-order valence-electron chi connectivity index (χ1n) is 9.45. The van der Waals surface area contributed by atoms with Crippen molar-refractivity contribution in [2.24, 2.45) is 7.05 Å². The average Bonchev–Trinajstić information content (AvgIpc) is 3.38. The molecule has 0 aliphatic carbocycles. The van der Waals surface area contributed by atoms with Crippen LogP contribution in [0.15, 0.2) is 67.4 Å². The molecular weight excluding hydrogens is 388 g/mol. The maximum Gasteiger partial charge on any atom is 0.137 e. The van der Waals surface area contributed by atoms with Crippen LogP contribution in [0.4, 0.5) is 8.78 Å². The highest BCUT2D eigenvalue weighted by molar-refractivity contribution is 5.59. The molecule has 0 aliphatic rings. The molecule has 0 spiro atoms. The predicted molar refractivity (Wildman–Crippen MR) is 107 cm³/mol. The van der Waals surface area contributed by atoms with Crippen molar-refractivity contribution < 1.29 is 13.9 Å². The van der Waals surface area contributed by atoms with E-state index in [0.29, 0.717) is 5.56 Å². The summed E-state index contributed by atoms with van der Waals surface area (Å²) in [5, 5.41) is 19.8. The van der Waals surface area contributed by atoms with Gasteiger partial charge < -0.3 is 5.11 Å². The van der Waals surface area contributed by atoms with Crippen LogP contribution in [0.25, 0.3) is 11.3 Å². The molecule has 0 radical (unpaired) electrons. The number of aliphatic hydroxyl groups is 1. The van der Waals surface area contributed by atoms with Crippen molar-refractivity contribution in [2.75, 3.05) is 0 Å². The summed E-state index contributed by atoms with van der Waals surface area (Å²) in [7, 11) is 1.85. The summed E-state index contributed by atoms with van der Waals surface area (Å²) in [6.07, 6.45) is 4.58. The van der Waals surface area contributed by atoms with Crippen LogP contribution in [-0.2, 0) is 19.2 Å². The topological polar surface area (TPSA) is 68.8 Å². The van der Waals surface area contributed by atoms with Gasteiger partial charge in [0.15, 0.2) is 0 Å². The van der Waals surface area contributed by atoms with Crippen molar-refractivity contribution in [3.8, 4) is 11.3 Å². The minimum Gasteiger partial charge on any atom is -0.385 e. The van der Waals surface area contributed by atoms with E-state index in [9.17, 15) is 13.9 Å². The maximum absolute atomic E-state index is 14.7. The lowest BCUT2D eigenvalue weighted by Gasteiger charge is -2.34. The van der Waals surface area contributed by atoms with Gasteiger partial charge in [0.25, 0.3) is 0 Å². The van der Waals surface area contributed by atoms with Gasteiger partial charge in [-0.25, -0.2) is 13.8 Å². The Kier molecular flexibility index (Phi) is 5.17. The van der Waals surface area contributed by atoms with E-state index in [4.69, 9.17) is 0 Å². The summed E-state index contributed by atoms with van der Waals surface area (Å²) in [6.45, 7) is 1.79. The lowest BCUT2D eigenvalue weighted by molar-refractivity contribution is 0.0178. The van der Waals surface area contributed by atoms with Crippen LogP contribution in [-0.4, -0.2) is 29.7 Å². The van der Waals surface area contributed by atoms with Crippen LogP contribution in [0.3, 0.4) is 0 Å². The van der Waals surface area contributed by atoms with Crippen molar-refractivity contribution >= 4 is 0 Å². The highest BCUT2D eigenvalue weighted by Crippen LogP contribution is 2.39. The summed E-state index contributed by atoms with van der Waals surface area (Å²) in [4.78, 5) is 3.92. The molecule has 0 aliphatic heterocycles. The summed E-state index contributed by atoms with van der Waals surface area (Å²) in [5.41, 5.74) is 1.21. The van der Waals surface area contributed by atoms with Crippen LogP contribution < -0.4 is 0 Å². The maximum atomic E-state index is 14.7. The van der Waals surface area contributed by atoms with Crippen LogP contribution in [0.5, 0.6) is 0 Å². The Hall–Kier alpha value is -3.39. The molecule has 2 heterocycles. The molecule has 1 N–H and O–H groups in total. The Bertz CT molecular complexity index is 1140. The normalized spacial score (nSPS) is 14.4. The van der Waals surface area contributed by atoms with Gasteiger partial charge >= 0.3 is 0 Å². The minimum absolute atomic E-state index is 0.166. The van der Waals surface area contributed by atoms with Gasteiger partial charge in [-0.15, -0.1) is 0 Å². The molecule has 6 nitrogen and oxygen atoms in total. The summed E-state index contributed by atoms with van der Waals surface area (Å²) in [5.74, 6) is -2.12. The van der Waals surface area contributed by atoms with Gasteiger partial charge in [-0.05, 0) is 35.7 Å². The molecule has 2 atom stereocenters. The van der Waals surface area contributed by atoms with Crippen molar-refractivity contribution in [3.05, 3.63) is 90.1 Å². The lowest BCUT2D eigenvalue weighted by atomic mass is 9.78. The number of halogens is 2. The number of nitrogens with zero attached hydrogens (tertiary/aromatic N) is 5. The van der Waals surface area contributed by atoms with E-state index in [2.05, 4.69) is 15.2 Å². The van der Waals surface area contributed by atoms with E-state index in [1.54, 1.807) is 29.9 Å². The number of benzene rings is 2. The van der Waals surface area contributed by atoms with Crippen molar-refractivity contribution in [1.82, 2.24) is 24.5 Å². The Labute approximate surface area is 172 Å². The minimum atomic E-state index is -1.46. The molecule has 0 saturated heterocycles. The monoisotopic (exact) mass is 409 g/mol. The second-order valence-electron chi connectivity index (χ2n) is 7.40. The predicted octanol–water partition coefficient (Wildman–Crippen LogP) is 3.65. The van der Waals surface area contributed by atoms with Crippen LogP contribution in [0.1, 0.15) is 24.0 Å². The fourth-order valence-electron chi connectivity index (χ4n) is 3.71. The molecule has 4 aromatic rings. The highest BCUT2D eigenvalue weighted by atomic mass is 19.1. The van der Waals surface area contributed by atoms with Crippen molar-refractivity contribution in [3.63, 3.8) is 0 Å². The number of hydrogen-bond acceptors (Lipinski definition) is 4.